The van der Waals surface area contributed by atoms with E-state index >= 15 is 0 Å². The highest BCUT2D eigenvalue weighted by molar-refractivity contribution is 9.10. The Hall–Kier alpha value is -0.910. The molecule has 4 nitrogen and oxygen atoms in total. The van der Waals surface area contributed by atoms with E-state index in [-0.39, 0.29) is 5.97 Å². The molecule has 2 rings (SSSR count). The van der Waals surface area contributed by atoms with Crippen LogP contribution in [0.4, 0.5) is 0 Å². The maximum Gasteiger partial charge on any atom is 0.330 e. The summed E-state index contributed by atoms with van der Waals surface area (Å²) in [5.41, 5.74) is 0.250. The fourth-order valence-electron chi connectivity index (χ4n) is 2.59. The third kappa shape index (κ3) is 3.05. The molecule has 1 saturated heterocycles. The summed E-state index contributed by atoms with van der Waals surface area (Å²) >= 11 is 3.44. The molecule has 0 aromatic heterocycles. The molecular formula is C15H21BrN2O2. The van der Waals surface area contributed by atoms with Gasteiger partial charge in [-0.25, -0.2) is 4.79 Å². The average Bonchev–Trinajstić information content (AvgIpc) is 2.48. The molecule has 1 fully saturated rings. The Balaban J connectivity index is 2.36. The molecule has 0 amide bonds. The SMILES string of the molecule is CCOC(=O)C(C)(c1ccc(Br)cc1)N1CCNCC1. The molecule has 0 bridgehead atoms. The molecule has 1 atom stereocenters. The summed E-state index contributed by atoms with van der Waals surface area (Å²) in [4.78, 5) is 14.8. The molecule has 1 aromatic carbocycles. The third-order valence-corrected chi connectivity index (χ3v) is 4.36. The Labute approximate surface area is 128 Å². The lowest BCUT2D eigenvalue weighted by Crippen LogP contribution is -2.57. The molecule has 1 aromatic rings. The van der Waals surface area contributed by atoms with Crippen LogP contribution in [0.15, 0.2) is 28.7 Å². The van der Waals surface area contributed by atoms with Gasteiger partial charge in [0.2, 0.25) is 0 Å². The van der Waals surface area contributed by atoms with Crippen molar-refractivity contribution in [1.82, 2.24) is 10.2 Å². The number of benzene rings is 1. The van der Waals surface area contributed by atoms with Crippen LogP contribution in [0, 0.1) is 0 Å². The van der Waals surface area contributed by atoms with Gasteiger partial charge in [0, 0.05) is 30.7 Å². The number of carbonyl (C=O) groups excluding carboxylic acids is 1. The Kier molecular flexibility index (Phi) is 5.18. The number of hydrogen-bond acceptors (Lipinski definition) is 4. The van der Waals surface area contributed by atoms with Crippen LogP contribution < -0.4 is 5.32 Å². The minimum Gasteiger partial charge on any atom is -0.464 e. The van der Waals surface area contributed by atoms with Gasteiger partial charge >= 0.3 is 5.97 Å². The van der Waals surface area contributed by atoms with Crippen molar-refractivity contribution in [3.05, 3.63) is 34.3 Å². The number of ether oxygens (including phenoxy) is 1. The lowest BCUT2D eigenvalue weighted by Gasteiger charge is -2.41. The van der Waals surface area contributed by atoms with Crippen molar-refractivity contribution in [2.45, 2.75) is 19.4 Å². The Bertz CT molecular complexity index is 457. The summed E-state index contributed by atoms with van der Waals surface area (Å²) in [6.07, 6.45) is 0. The first-order chi connectivity index (χ1) is 9.59. The zero-order valence-corrected chi connectivity index (χ0v) is 13.6. The molecule has 110 valence electrons. The van der Waals surface area contributed by atoms with E-state index in [4.69, 9.17) is 4.74 Å². The third-order valence-electron chi connectivity index (χ3n) is 3.83. The molecule has 1 unspecified atom stereocenters. The quantitative estimate of drug-likeness (QED) is 0.852. The van der Waals surface area contributed by atoms with Gasteiger partial charge in [0.1, 0.15) is 5.54 Å². The lowest BCUT2D eigenvalue weighted by atomic mass is 9.89. The van der Waals surface area contributed by atoms with Crippen LogP contribution in [-0.2, 0) is 15.1 Å². The molecule has 1 aliphatic heterocycles. The van der Waals surface area contributed by atoms with Gasteiger partial charge < -0.3 is 10.1 Å². The highest BCUT2D eigenvalue weighted by Gasteiger charge is 2.42. The lowest BCUT2D eigenvalue weighted by molar-refractivity contribution is -0.158. The van der Waals surface area contributed by atoms with Gasteiger partial charge in [-0.1, -0.05) is 28.1 Å². The summed E-state index contributed by atoms with van der Waals surface area (Å²) in [5.74, 6) is -0.177. The second-order valence-electron chi connectivity index (χ2n) is 5.04. The molecule has 0 saturated carbocycles. The molecule has 0 radical (unpaired) electrons. The van der Waals surface area contributed by atoms with E-state index < -0.39 is 5.54 Å². The van der Waals surface area contributed by atoms with Crippen molar-refractivity contribution < 1.29 is 9.53 Å². The van der Waals surface area contributed by atoms with Gasteiger partial charge in [-0.05, 0) is 31.5 Å². The fraction of sp³-hybridized carbons (Fsp3) is 0.533. The summed E-state index contributed by atoms with van der Waals surface area (Å²) in [6.45, 7) is 7.67. The molecule has 1 heterocycles. The maximum absolute atomic E-state index is 12.6. The van der Waals surface area contributed by atoms with Gasteiger partial charge in [-0.15, -0.1) is 0 Å². The van der Waals surface area contributed by atoms with Crippen LogP contribution in [0.5, 0.6) is 0 Å². The molecular weight excluding hydrogens is 320 g/mol. The highest BCUT2D eigenvalue weighted by atomic mass is 79.9. The fourth-order valence-corrected chi connectivity index (χ4v) is 2.85. The van der Waals surface area contributed by atoms with Crippen LogP contribution >= 0.6 is 15.9 Å². The topological polar surface area (TPSA) is 41.6 Å². The molecule has 20 heavy (non-hydrogen) atoms. The van der Waals surface area contributed by atoms with Crippen LogP contribution in [0.3, 0.4) is 0 Å². The van der Waals surface area contributed by atoms with E-state index in [0.29, 0.717) is 6.61 Å². The Morgan fingerprint density at radius 3 is 2.50 bits per heavy atom. The smallest absolute Gasteiger partial charge is 0.330 e. The first-order valence-corrected chi connectivity index (χ1v) is 7.77. The van der Waals surface area contributed by atoms with Crippen molar-refractivity contribution in [2.75, 3.05) is 32.8 Å². The van der Waals surface area contributed by atoms with Gasteiger partial charge in [-0.3, -0.25) is 4.90 Å². The standard InChI is InChI=1S/C15H21BrN2O2/c1-3-20-14(19)15(2,18-10-8-17-9-11-18)12-4-6-13(16)7-5-12/h4-7,17H,3,8-11H2,1-2H3. The monoisotopic (exact) mass is 340 g/mol. The molecule has 1 aliphatic rings. The van der Waals surface area contributed by atoms with Gasteiger partial charge in [0.15, 0.2) is 0 Å². The normalized spacial score (nSPS) is 19.4. The minimum absolute atomic E-state index is 0.177. The first kappa shape index (κ1) is 15.5. The van der Waals surface area contributed by atoms with Crippen LogP contribution in [-0.4, -0.2) is 43.7 Å². The number of esters is 1. The van der Waals surface area contributed by atoms with Crippen molar-refractivity contribution in [2.24, 2.45) is 0 Å². The molecule has 1 N–H and O–H groups in total. The second-order valence-corrected chi connectivity index (χ2v) is 5.95. The van der Waals surface area contributed by atoms with Gasteiger partial charge in [0.25, 0.3) is 0 Å². The molecule has 5 heteroatoms. The van der Waals surface area contributed by atoms with Crippen LogP contribution in [0.1, 0.15) is 19.4 Å². The van der Waals surface area contributed by atoms with Crippen molar-refractivity contribution in [1.29, 1.82) is 0 Å². The van der Waals surface area contributed by atoms with E-state index in [1.165, 1.54) is 0 Å². The Morgan fingerprint density at radius 1 is 1.35 bits per heavy atom. The van der Waals surface area contributed by atoms with Gasteiger partial charge in [-0.2, -0.15) is 0 Å². The molecule has 0 aliphatic carbocycles. The predicted molar refractivity (Wildman–Crippen MR) is 82.6 cm³/mol. The number of hydrogen-bond donors (Lipinski definition) is 1. The maximum atomic E-state index is 12.6. The number of piperazine rings is 1. The number of nitrogens with one attached hydrogen (secondary N) is 1. The Morgan fingerprint density at radius 2 is 1.95 bits per heavy atom. The zero-order valence-electron chi connectivity index (χ0n) is 12.0. The van der Waals surface area contributed by atoms with E-state index in [0.717, 1.165) is 36.2 Å². The van der Waals surface area contributed by atoms with E-state index in [2.05, 4.69) is 26.1 Å². The first-order valence-electron chi connectivity index (χ1n) is 6.98. The summed E-state index contributed by atoms with van der Waals surface area (Å²) in [5, 5.41) is 3.32. The number of rotatable bonds is 4. The molecule has 0 spiro atoms. The number of carbonyl (C=O) groups is 1. The predicted octanol–water partition coefficient (Wildman–Crippen LogP) is 2.13. The van der Waals surface area contributed by atoms with E-state index in [1.54, 1.807) is 0 Å². The summed E-state index contributed by atoms with van der Waals surface area (Å²) < 4.78 is 6.34. The van der Waals surface area contributed by atoms with E-state index in [9.17, 15) is 4.79 Å². The van der Waals surface area contributed by atoms with Crippen molar-refractivity contribution in [3.8, 4) is 0 Å². The number of nitrogens with zero attached hydrogens (tertiary/aromatic N) is 1. The minimum atomic E-state index is -0.723. The largest absolute Gasteiger partial charge is 0.464 e. The van der Waals surface area contributed by atoms with E-state index in [1.807, 2.05) is 38.1 Å². The summed E-state index contributed by atoms with van der Waals surface area (Å²) in [7, 11) is 0. The van der Waals surface area contributed by atoms with Crippen molar-refractivity contribution >= 4 is 21.9 Å². The highest BCUT2D eigenvalue weighted by Crippen LogP contribution is 2.31. The van der Waals surface area contributed by atoms with Crippen molar-refractivity contribution in [3.63, 3.8) is 0 Å². The van der Waals surface area contributed by atoms with Crippen LogP contribution in [0.25, 0.3) is 0 Å². The summed E-state index contributed by atoms with van der Waals surface area (Å²) in [6, 6.07) is 7.91. The second kappa shape index (κ2) is 6.70. The van der Waals surface area contributed by atoms with Crippen LogP contribution in [0.2, 0.25) is 0 Å². The number of halogens is 1. The zero-order chi connectivity index (χ0) is 14.6. The van der Waals surface area contributed by atoms with Gasteiger partial charge in [0.05, 0.1) is 6.61 Å². The average molecular weight is 341 g/mol.